The van der Waals surface area contributed by atoms with Crippen LogP contribution in [0.4, 0.5) is 0 Å². The quantitative estimate of drug-likeness (QED) is 0.738. The predicted molar refractivity (Wildman–Crippen MR) is 112 cm³/mol. The largest absolute Gasteiger partial charge is 0.495 e. The standard InChI is InChI=1S/C21H19ClN6O3/c22-21-25-16-4-3-12(8-28(16)26-21)19-23-7-14-15(24-17(20(29)30)11-1-2-11)10-31-9-13-5-6-27(19)18(13)14/h3-4,7-8,10-11,17,24H,1-2,5-6,9H2,(H,29,30). The Bertz CT molecular complexity index is 1240. The van der Waals surface area contributed by atoms with Crippen molar-refractivity contribution < 1.29 is 14.6 Å². The summed E-state index contributed by atoms with van der Waals surface area (Å²) in [5.41, 5.74) is 5.30. The van der Waals surface area contributed by atoms with Gasteiger partial charge in [0.2, 0.25) is 5.28 Å². The molecule has 6 rings (SSSR count). The van der Waals surface area contributed by atoms with E-state index in [-0.39, 0.29) is 11.2 Å². The first kappa shape index (κ1) is 18.4. The maximum atomic E-state index is 11.8. The van der Waals surface area contributed by atoms with Crippen molar-refractivity contribution in [3.8, 4) is 0 Å². The van der Waals surface area contributed by atoms with E-state index in [9.17, 15) is 9.90 Å². The summed E-state index contributed by atoms with van der Waals surface area (Å²) in [5, 5.41) is 17.2. The zero-order valence-corrected chi connectivity index (χ0v) is 17.2. The van der Waals surface area contributed by atoms with Gasteiger partial charge >= 0.3 is 5.97 Å². The Labute approximate surface area is 182 Å². The monoisotopic (exact) mass is 438 g/mol. The number of carboxylic acid groups (broad SMARTS) is 1. The predicted octanol–water partition coefficient (Wildman–Crippen LogP) is 2.31. The fourth-order valence-corrected chi connectivity index (χ4v) is 4.58. The molecule has 0 radical (unpaired) electrons. The topological polar surface area (TPSA) is 104 Å². The van der Waals surface area contributed by atoms with E-state index in [1.54, 1.807) is 17.0 Å². The van der Waals surface area contributed by atoms with Crippen LogP contribution in [-0.4, -0.2) is 55.6 Å². The van der Waals surface area contributed by atoms with Crippen molar-refractivity contribution in [3.63, 3.8) is 0 Å². The molecule has 0 bridgehead atoms. The number of amidine groups is 1. The van der Waals surface area contributed by atoms with Crippen LogP contribution < -0.4 is 5.32 Å². The molecule has 0 amide bonds. The molecule has 2 N–H and O–H groups in total. The van der Waals surface area contributed by atoms with E-state index >= 15 is 0 Å². The molecule has 1 aliphatic carbocycles. The van der Waals surface area contributed by atoms with E-state index in [1.165, 1.54) is 5.57 Å². The highest BCUT2D eigenvalue weighted by molar-refractivity contribution is 6.28. The Morgan fingerprint density at radius 3 is 3.03 bits per heavy atom. The molecular formula is C21H19ClN6O3. The molecule has 9 nitrogen and oxygen atoms in total. The maximum Gasteiger partial charge on any atom is 0.326 e. The van der Waals surface area contributed by atoms with Crippen molar-refractivity contribution in [3.05, 3.63) is 64.2 Å². The van der Waals surface area contributed by atoms with E-state index in [0.717, 1.165) is 48.5 Å². The van der Waals surface area contributed by atoms with Crippen LogP contribution >= 0.6 is 11.6 Å². The molecule has 2 aromatic rings. The molecule has 1 atom stereocenters. The summed E-state index contributed by atoms with van der Waals surface area (Å²) in [4.78, 5) is 22.8. The van der Waals surface area contributed by atoms with Crippen LogP contribution in [0.15, 0.2) is 58.3 Å². The summed E-state index contributed by atoms with van der Waals surface area (Å²) < 4.78 is 7.42. The molecule has 1 fully saturated rings. The normalized spacial score (nSPS) is 21.1. The van der Waals surface area contributed by atoms with Crippen LogP contribution in [0, 0.1) is 5.92 Å². The summed E-state index contributed by atoms with van der Waals surface area (Å²) in [6.45, 7) is 1.25. The second kappa shape index (κ2) is 6.84. The van der Waals surface area contributed by atoms with Crippen molar-refractivity contribution in [1.82, 2.24) is 24.8 Å². The summed E-state index contributed by atoms with van der Waals surface area (Å²) in [5.74, 6) is 0.116. The first-order valence-electron chi connectivity index (χ1n) is 10.2. The zero-order valence-electron chi connectivity index (χ0n) is 16.5. The number of hydrogen-bond acceptors (Lipinski definition) is 7. The van der Waals surface area contributed by atoms with Gasteiger partial charge in [0.1, 0.15) is 24.7 Å². The van der Waals surface area contributed by atoms with Gasteiger partial charge in [-0.3, -0.25) is 0 Å². The Morgan fingerprint density at radius 2 is 2.23 bits per heavy atom. The number of pyridine rings is 1. The van der Waals surface area contributed by atoms with Crippen molar-refractivity contribution in [2.24, 2.45) is 10.9 Å². The fraction of sp³-hybridized carbons (Fsp3) is 0.333. The Hall–Kier alpha value is -3.33. The number of hydrogen-bond donors (Lipinski definition) is 2. The third-order valence-corrected chi connectivity index (χ3v) is 6.21. The number of fused-ring (bicyclic) bond motifs is 1. The average molecular weight is 439 g/mol. The minimum absolute atomic E-state index is 0.152. The van der Waals surface area contributed by atoms with Gasteiger partial charge in [-0.2, -0.15) is 4.98 Å². The smallest absolute Gasteiger partial charge is 0.326 e. The van der Waals surface area contributed by atoms with E-state index in [4.69, 9.17) is 21.3 Å². The highest BCUT2D eigenvalue weighted by Crippen LogP contribution is 2.39. The summed E-state index contributed by atoms with van der Waals surface area (Å²) >= 11 is 5.93. The summed E-state index contributed by atoms with van der Waals surface area (Å²) in [6, 6.07) is 3.18. The third-order valence-electron chi connectivity index (χ3n) is 6.05. The fourth-order valence-electron chi connectivity index (χ4n) is 4.41. The Morgan fingerprint density at radius 1 is 1.35 bits per heavy atom. The molecule has 10 heteroatoms. The van der Waals surface area contributed by atoms with Gasteiger partial charge in [-0.15, -0.1) is 5.10 Å². The third kappa shape index (κ3) is 3.07. The molecule has 5 heterocycles. The van der Waals surface area contributed by atoms with Crippen LogP contribution in [0.5, 0.6) is 0 Å². The van der Waals surface area contributed by atoms with Crippen molar-refractivity contribution in [2.75, 3.05) is 13.2 Å². The lowest BCUT2D eigenvalue weighted by molar-refractivity contribution is -0.139. The van der Waals surface area contributed by atoms with E-state index in [1.807, 2.05) is 18.3 Å². The summed E-state index contributed by atoms with van der Waals surface area (Å²) in [7, 11) is 0. The van der Waals surface area contributed by atoms with Crippen molar-refractivity contribution in [1.29, 1.82) is 0 Å². The van der Waals surface area contributed by atoms with Crippen LogP contribution in [0.1, 0.15) is 24.8 Å². The van der Waals surface area contributed by atoms with Crippen LogP contribution in [0.2, 0.25) is 5.28 Å². The lowest BCUT2D eigenvalue weighted by Gasteiger charge is -2.30. The average Bonchev–Trinajstić information content (AvgIpc) is 3.42. The number of nitrogens with one attached hydrogen (secondary N) is 1. The van der Waals surface area contributed by atoms with Gasteiger partial charge in [0.05, 0.1) is 11.4 Å². The van der Waals surface area contributed by atoms with Gasteiger partial charge < -0.3 is 20.1 Å². The molecule has 1 unspecified atom stereocenters. The lowest BCUT2D eigenvalue weighted by Crippen LogP contribution is -2.40. The Kier molecular flexibility index (Phi) is 4.07. The van der Waals surface area contributed by atoms with Crippen LogP contribution in [0.25, 0.3) is 5.65 Å². The van der Waals surface area contributed by atoms with Gasteiger partial charge in [0.25, 0.3) is 0 Å². The molecule has 0 aromatic carbocycles. The minimum Gasteiger partial charge on any atom is -0.495 e. The van der Waals surface area contributed by atoms with Crippen LogP contribution in [-0.2, 0) is 9.53 Å². The number of aliphatic imine (C=N–C) groups is 1. The molecule has 2 aromatic heterocycles. The SMILES string of the molecule is O=C(O)C(NC1=COCC2=C3C1=CN=C(c1ccc4nc(Cl)nn4c1)N3CC2)C1CC1. The number of carboxylic acids is 1. The highest BCUT2D eigenvalue weighted by atomic mass is 35.5. The van der Waals surface area contributed by atoms with Crippen molar-refractivity contribution >= 4 is 29.1 Å². The number of aliphatic carboxylic acids is 1. The molecule has 0 spiro atoms. The summed E-state index contributed by atoms with van der Waals surface area (Å²) in [6.07, 6.45) is 7.99. The number of rotatable bonds is 5. The van der Waals surface area contributed by atoms with E-state index in [2.05, 4.69) is 20.3 Å². The number of carbonyl (C=O) groups is 1. The molecule has 3 aliphatic heterocycles. The van der Waals surface area contributed by atoms with E-state index < -0.39 is 12.0 Å². The van der Waals surface area contributed by atoms with E-state index in [0.29, 0.717) is 18.0 Å². The van der Waals surface area contributed by atoms with Gasteiger partial charge in [-0.05, 0) is 54.5 Å². The number of aromatic nitrogens is 3. The lowest BCUT2D eigenvalue weighted by atomic mass is 10.0. The molecule has 158 valence electrons. The van der Waals surface area contributed by atoms with Crippen molar-refractivity contribution in [2.45, 2.75) is 25.3 Å². The van der Waals surface area contributed by atoms with Crippen LogP contribution in [0.3, 0.4) is 0 Å². The Balaban J connectivity index is 1.40. The number of ether oxygens (including phenoxy) is 1. The molecule has 1 saturated carbocycles. The number of halogens is 1. The maximum absolute atomic E-state index is 11.8. The first-order chi connectivity index (χ1) is 15.1. The number of nitrogens with zero attached hydrogens (tertiary/aromatic N) is 5. The van der Waals surface area contributed by atoms with Gasteiger partial charge in [0.15, 0.2) is 5.65 Å². The van der Waals surface area contributed by atoms with Gasteiger partial charge in [0, 0.05) is 30.1 Å². The van der Waals surface area contributed by atoms with Gasteiger partial charge in [-0.1, -0.05) is 0 Å². The molecule has 0 saturated heterocycles. The van der Waals surface area contributed by atoms with Gasteiger partial charge in [-0.25, -0.2) is 14.3 Å². The first-order valence-corrected chi connectivity index (χ1v) is 10.6. The molecule has 31 heavy (non-hydrogen) atoms. The minimum atomic E-state index is -0.842. The zero-order chi connectivity index (χ0) is 21.1. The second-order valence-corrected chi connectivity index (χ2v) is 8.43. The molecular weight excluding hydrogens is 420 g/mol. The second-order valence-electron chi connectivity index (χ2n) is 8.09. The highest BCUT2D eigenvalue weighted by Gasteiger charge is 2.39. The molecule has 4 aliphatic rings.